The summed E-state index contributed by atoms with van der Waals surface area (Å²) in [5.74, 6) is -0.105. The molecule has 1 aliphatic carbocycles. The lowest BCUT2D eigenvalue weighted by atomic mass is 9.95. The topological polar surface area (TPSA) is 60.9 Å². The zero-order valence-electron chi connectivity index (χ0n) is 15.8. The second-order valence-corrected chi connectivity index (χ2v) is 9.81. The van der Waals surface area contributed by atoms with E-state index in [1.807, 2.05) is 7.05 Å². The van der Waals surface area contributed by atoms with Gasteiger partial charge in [0.2, 0.25) is 15.9 Å². The number of nitrogens with zero attached hydrogens (tertiary/aromatic N) is 3. The van der Waals surface area contributed by atoms with Crippen LogP contribution in [0.15, 0.2) is 29.2 Å². The lowest BCUT2D eigenvalue weighted by molar-refractivity contribution is -0.133. The van der Waals surface area contributed by atoms with Gasteiger partial charge in [0.25, 0.3) is 0 Å². The molecule has 0 radical (unpaired) electrons. The monoisotopic (exact) mass is 413 g/mol. The van der Waals surface area contributed by atoms with Crippen molar-refractivity contribution >= 4 is 27.5 Å². The third-order valence-electron chi connectivity index (χ3n) is 5.55. The number of amides is 1. The molecule has 0 N–H and O–H groups in total. The summed E-state index contributed by atoms with van der Waals surface area (Å²) in [6.45, 7) is 2.85. The number of halogens is 1. The number of hydrogen-bond donors (Lipinski definition) is 0. The largest absolute Gasteiger partial charge is 0.339 e. The van der Waals surface area contributed by atoms with Crippen LogP contribution in [0.25, 0.3) is 0 Å². The second kappa shape index (κ2) is 8.90. The summed E-state index contributed by atoms with van der Waals surface area (Å²) >= 11 is 5.91. The van der Waals surface area contributed by atoms with Gasteiger partial charge >= 0.3 is 0 Å². The summed E-state index contributed by atoms with van der Waals surface area (Å²) in [6, 6.07) is 6.09. The summed E-state index contributed by atoms with van der Waals surface area (Å²) in [7, 11) is -1.72. The van der Waals surface area contributed by atoms with Crippen molar-refractivity contribution in [1.82, 2.24) is 14.1 Å². The summed E-state index contributed by atoms with van der Waals surface area (Å²) in [6.07, 6.45) is 4.74. The summed E-state index contributed by atoms with van der Waals surface area (Å²) < 4.78 is 28.1. The molecule has 0 aromatic heterocycles. The van der Waals surface area contributed by atoms with E-state index in [4.69, 9.17) is 11.6 Å². The maximum absolute atomic E-state index is 13.3. The van der Waals surface area contributed by atoms with Gasteiger partial charge in [-0.25, -0.2) is 8.42 Å². The first kappa shape index (κ1) is 20.6. The number of hydrogen-bond acceptors (Lipinski definition) is 4. The molecule has 1 aromatic rings. The second-order valence-electron chi connectivity index (χ2n) is 7.48. The molecule has 8 heteroatoms. The predicted octanol–water partition coefficient (Wildman–Crippen LogP) is 2.44. The first-order valence-corrected chi connectivity index (χ1v) is 11.4. The normalized spacial score (nSPS) is 20.2. The van der Waals surface area contributed by atoms with Gasteiger partial charge in [-0.2, -0.15) is 4.31 Å². The standard InChI is InChI=1S/C19H28ClN3O3S/c1-21-11-13-22(14-12-21)19(24)15-23(17-5-3-2-4-6-17)27(25,26)18-9-7-16(20)8-10-18/h7-10,17H,2-6,11-15H2,1H3. The van der Waals surface area contributed by atoms with Gasteiger partial charge in [0.15, 0.2) is 0 Å². The molecular formula is C19H28ClN3O3S. The Labute approximate surface area is 167 Å². The molecule has 2 aliphatic rings. The Morgan fingerprint density at radius 2 is 1.67 bits per heavy atom. The quantitative estimate of drug-likeness (QED) is 0.743. The summed E-state index contributed by atoms with van der Waals surface area (Å²) in [5, 5.41) is 0.492. The number of likely N-dealkylation sites (N-methyl/N-ethyl adjacent to an activating group) is 1. The smallest absolute Gasteiger partial charge is 0.243 e. The zero-order chi connectivity index (χ0) is 19.4. The molecule has 27 heavy (non-hydrogen) atoms. The van der Waals surface area contributed by atoms with Crippen LogP contribution in [0, 0.1) is 0 Å². The van der Waals surface area contributed by atoms with Gasteiger partial charge in [0.1, 0.15) is 0 Å². The minimum absolute atomic E-state index is 0.0840. The van der Waals surface area contributed by atoms with Crippen LogP contribution >= 0.6 is 11.6 Å². The molecule has 1 saturated carbocycles. The van der Waals surface area contributed by atoms with E-state index < -0.39 is 10.0 Å². The van der Waals surface area contributed by atoms with Crippen molar-refractivity contribution in [2.75, 3.05) is 39.8 Å². The van der Waals surface area contributed by atoms with Gasteiger partial charge in [0.05, 0.1) is 11.4 Å². The van der Waals surface area contributed by atoms with E-state index in [9.17, 15) is 13.2 Å². The van der Waals surface area contributed by atoms with Gasteiger partial charge in [-0.1, -0.05) is 30.9 Å². The van der Waals surface area contributed by atoms with Crippen molar-refractivity contribution in [3.05, 3.63) is 29.3 Å². The highest BCUT2D eigenvalue weighted by molar-refractivity contribution is 7.89. The number of rotatable bonds is 5. The van der Waals surface area contributed by atoms with E-state index in [0.29, 0.717) is 18.1 Å². The van der Waals surface area contributed by atoms with E-state index in [1.54, 1.807) is 17.0 Å². The Hall–Kier alpha value is -1.15. The molecule has 6 nitrogen and oxygen atoms in total. The lowest BCUT2D eigenvalue weighted by Crippen LogP contribution is -2.52. The minimum Gasteiger partial charge on any atom is -0.339 e. The molecule has 3 rings (SSSR count). The molecule has 1 amide bonds. The Kier molecular flexibility index (Phi) is 6.78. The highest BCUT2D eigenvalue weighted by Crippen LogP contribution is 2.28. The number of carbonyl (C=O) groups is 1. The molecule has 0 spiro atoms. The maximum Gasteiger partial charge on any atom is 0.243 e. The summed E-state index contributed by atoms with van der Waals surface area (Å²) in [5.41, 5.74) is 0. The van der Waals surface area contributed by atoms with Crippen LogP contribution < -0.4 is 0 Å². The third-order valence-corrected chi connectivity index (χ3v) is 7.71. The van der Waals surface area contributed by atoms with Crippen molar-refractivity contribution in [2.45, 2.75) is 43.0 Å². The molecule has 1 heterocycles. The van der Waals surface area contributed by atoms with E-state index in [-0.39, 0.29) is 23.4 Å². The highest BCUT2D eigenvalue weighted by atomic mass is 35.5. The molecule has 0 unspecified atom stereocenters. The van der Waals surface area contributed by atoms with Crippen LogP contribution in [0.5, 0.6) is 0 Å². The van der Waals surface area contributed by atoms with Crippen LogP contribution in [0.1, 0.15) is 32.1 Å². The van der Waals surface area contributed by atoms with Crippen LogP contribution in [0.2, 0.25) is 5.02 Å². The van der Waals surface area contributed by atoms with E-state index in [0.717, 1.165) is 45.2 Å². The van der Waals surface area contributed by atoms with Gasteiger partial charge in [0, 0.05) is 37.2 Å². The van der Waals surface area contributed by atoms with Gasteiger partial charge in [-0.3, -0.25) is 4.79 Å². The van der Waals surface area contributed by atoms with Crippen molar-refractivity contribution in [3.63, 3.8) is 0 Å². The molecule has 0 bridgehead atoms. The Balaban J connectivity index is 1.82. The van der Waals surface area contributed by atoms with Gasteiger partial charge in [-0.05, 0) is 44.2 Å². The molecule has 1 aromatic carbocycles. The van der Waals surface area contributed by atoms with Crippen molar-refractivity contribution in [3.8, 4) is 0 Å². The van der Waals surface area contributed by atoms with Crippen LogP contribution in [-0.4, -0.2) is 74.2 Å². The average molecular weight is 414 g/mol. The molecule has 1 saturated heterocycles. The molecule has 1 aliphatic heterocycles. The predicted molar refractivity (Wildman–Crippen MR) is 106 cm³/mol. The Bertz CT molecular complexity index is 740. The first-order chi connectivity index (χ1) is 12.9. The molecule has 2 fully saturated rings. The molecular weight excluding hydrogens is 386 g/mol. The average Bonchev–Trinajstić information content (AvgIpc) is 2.67. The van der Waals surface area contributed by atoms with E-state index in [1.165, 1.54) is 16.4 Å². The lowest BCUT2D eigenvalue weighted by Gasteiger charge is -2.36. The zero-order valence-corrected chi connectivity index (χ0v) is 17.4. The fourth-order valence-electron chi connectivity index (χ4n) is 3.81. The number of piperazine rings is 1. The molecule has 0 atom stereocenters. The van der Waals surface area contributed by atoms with E-state index in [2.05, 4.69) is 4.90 Å². The summed E-state index contributed by atoms with van der Waals surface area (Å²) in [4.78, 5) is 17.0. The Morgan fingerprint density at radius 3 is 2.26 bits per heavy atom. The first-order valence-electron chi connectivity index (χ1n) is 9.61. The fraction of sp³-hybridized carbons (Fsp3) is 0.632. The van der Waals surface area contributed by atoms with Crippen molar-refractivity contribution in [2.24, 2.45) is 0 Å². The SMILES string of the molecule is CN1CCN(C(=O)CN(C2CCCCC2)S(=O)(=O)c2ccc(Cl)cc2)CC1. The van der Waals surface area contributed by atoms with Gasteiger partial charge in [-0.15, -0.1) is 0 Å². The number of benzene rings is 1. The molecule has 150 valence electrons. The van der Waals surface area contributed by atoms with Gasteiger partial charge < -0.3 is 9.80 Å². The van der Waals surface area contributed by atoms with Crippen LogP contribution in [-0.2, 0) is 14.8 Å². The van der Waals surface area contributed by atoms with Crippen LogP contribution in [0.4, 0.5) is 0 Å². The Morgan fingerprint density at radius 1 is 1.07 bits per heavy atom. The fourth-order valence-corrected chi connectivity index (χ4v) is 5.57. The van der Waals surface area contributed by atoms with Crippen molar-refractivity contribution < 1.29 is 13.2 Å². The van der Waals surface area contributed by atoms with Crippen molar-refractivity contribution in [1.29, 1.82) is 0 Å². The highest BCUT2D eigenvalue weighted by Gasteiger charge is 2.35. The van der Waals surface area contributed by atoms with E-state index >= 15 is 0 Å². The number of sulfonamides is 1. The van der Waals surface area contributed by atoms with Crippen LogP contribution in [0.3, 0.4) is 0 Å². The third kappa shape index (κ3) is 5.02. The minimum atomic E-state index is -3.75. The maximum atomic E-state index is 13.3. The number of carbonyl (C=O) groups excluding carboxylic acids is 1.